The molecular weight excluding hydrogens is 248 g/mol. The molecule has 1 atom stereocenters. The van der Waals surface area contributed by atoms with Gasteiger partial charge in [-0.25, -0.2) is 4.79 Å². The normalized spacial score (nSPS) is 25.6. The summed E-state index contributed by atoms with van der Waals surface area (Å²) in [5.74, 6) is -0.512. The van der Waals surface area contributed by atoms with E-state index < -0.39 is 11.6 Å². The predicted molar refractivity (Wildman–Crippen MR) is 68.4 cm³/mol. The second kappa shape index (κ2) is 4.80. The first-order valence-corrected chi connectivity index (χ1v) is 6.43. The van der Waals surface area contributed by atoms with E-state index in [1.165, 1.54) is 4.90 Å². The molecule has 7 nitrogen and oxygen atoms in total. The first-order chi connectivity index (χ1) is 8.84. The monoisotopic (exact) mass is 268 g/mol. The van der Waals surface area contributed by atoms with Crippen molar-refractivity contribution in [1.29, 1.82) is 0 Å². The van der Waals surface area contributed by atoms with Crippen molar-refractivity contribution in [2.24, 2.45) is 0 Å². The number of carbonyl (C=O) groups excluding carboxylic acids is 3. The van der Waals surface area contributed by atoms with Crippen molar-refractivity contribution in [2.75, 3.05) is 26.7 Å². The van der Waals surface area contributed by atoms with E-state index in [4.69, 9.17) is 0 Å². The third-order valence-electron chi connectivity index (χ3n) is 3.96. The minimum atomic E-state index is -0.971. The van der Waals surface area contributed by atoms with Crippen LogP contribution in [-0.2, 0) is 9.59 Å². The summed E-state index contributed by atoms with van der Waals surface area (Å²) in [7, 11) is 1.74. The number of carbonyl (C=O) groups is 3. The molecule has 0 aliphatic carbocycles. The largest absolute Gasteiger partial charge is 0.340 e. The van der Waals surface area contributed by atoms with E-state index in [9.17, 15) is 14.4 Å². The van der Waals surface area contributed by atoms with Crippen LogP contribution >= 0.6 is 0 Å². The van der Waals surface area contributed by atoms with E-state index in [1.54, 1.807) is 25.8 Å². The van der Waals surface area contributed by atoms with E-state index in [0.717, 1.165) is 19.5 Å². The lowest BCUT2D eigenvalue weighted by molar-refractivity contribution is -0.134. The predicted octanol–water partition coefficient (Wildman–Crippen LogP) is -0.863. The van der Waals surface area contributed by atoms with Crippen LogP contribution in [-0.4, -0.2) is 65.9 Å². The second-order valence-electron chi connectivity index (χ2n) is 5.56. The maximum atomic E-state index is 12.2. The molecule has 4 amide bonds. The number of amides is 4. The molecule has 106 valence electrons. The summed E-state index contributed by atoms with van der Waals surface area (Å²) in [5, 5.41) is 5.43. The van der Waals surface area contributed by atoms with E-state index in [0.29, 0.717) is 0 Å². The fourth-order valence-electron chi connectivity index (χ4n) is 2.38. The Hall–Kier alpha value is -1.63. The molecule has 2 aliphatic rings. The molecule has 7 heteroatoms. The number of hydrogen-bond acceptors (Lipinski definition) is 4. The summed E-state index contributed by atoms with van der Waals surface area (Å²) in [6.45, 7) is 4.88. The van der Waals surface area contributed by atoms with Crippen LogP contribution in [0.25, 0.3) is 0 Å². The summed E-state index contributed by atoms with van der Waals surface area (Å²) >= 11 is 0. The van der Waals surface area contributed by atoms with Gasteiger partial charge in [-0.05, 0) is 26.8 Å². The van der Waals surface area contributed by atoms with Crippen LogP contribution in [0.1, 0.15) is 20.3 Å². The van der Waals surface area contributed by atoms with Gasteiger partial charge in [-0.2, -0.15) is 0 Å². The lowest BCUT2D eigenvalue weighted by Crippen LogP contribution is -2.51. The van der Waals surface area contributed by atoms with E-state index >= 15 is 0 Å². The van der Waals surface area contributed by atoms with Crippen molar-refractivity contribution in [3.05, 3.63) is 0 Å². The van der Waals surface area contributed by atoms with Gasteiger partial charge in [0.15, 0.2) is 0 Å². The average Bonchev–Trinajstić information content (AvgIpc) is 2.92. The Balaban J connectivity index is 2.02. The second-order valence-corrected chi connectivity index (χ2v) is 5.56. The zero-order chi connectivity index (χ0) is 14.2. The molecule has 0 saturated carbocycles. The van der Waals surface area contributed by atoms with Gasteiger partial charge in [-0.3, -0.25) is 14.9 Å². The zero-order valence-corrected chi connectivity index (χ0v) is 11.5. The van der Waals surface area contributed by atoms with Crippen LogP contribution in [0.4, 0.5) is 4.79 Å². The van der Waals surface area contributed by atoms with Gasteiger partial charge < -0.3 is 15.1 Å². The number of imide groups is 1. The lowest BCUT2D eigenvalue weighted by atomic mass is 10.0. The Morgan fingerprint density at radius 1 is 1.47 bits per heavy atom. The number of nitrogens with one attached hydrogen (secondary N) is 2. The third kappa shape index (κ3) is 2.42. The summed E-state index contributed by atoms with van der Waals surface area (Å²) in [6.07, 6.45) is 0.913. The van der Waals surface area contributed by atoms with Crippen LogP contribution in [0.5, 0.6) is 0 Å². The molecule has 0 aromatic heterocycles. The molecule has 1 unspecified atom stereocenters. The molecule has 0 spiro atoms. The van der Waals surface area contributed by atoms with Gasteiger partial charge in [0.25, 0.3) is 5.91 Å². The molecule has 2 N–H and O–H groups in total. The molecule has 0 radical (unpaired) electrons. The van der Waals surface area contributed by atoms with Gasteiger partial charge in [0, 0.05) is 19.6 Å². The topological polar surface area (TPSA) is 81.8 Å². The molecular formula is C12H20N4O3. The van der Waals surface area contributed by atoms with Crippen LogP contribution in [0.3, 0.4) is 0 Å². The molecule has 2 heterocycles. The van der Waals surface area contributed by atoms with Gasteiger partial charge in [-0.1, -0.05) is 0 Å². The van der Waals surface area contributed by atoms with Crippen LogP contribution in [0.2, 0.25) is 0 Å². The smallest absolute Gasteiger partial charge is 0.325 e. The Labute approximate surface area is 112 Å². The highest BCUT2D eigenvalue weighted by atomic mass is 16.2. The van der Waals surface area contributed by atoms with E-state index in [1.807, 2.05) is 0 Å². The van der Waals surface area contributed by atoms with Crippen molar-refractivity contribution >= 4 is 17.8 Å². The van der Waals surface area contributed by atoms with E-state index in [-0.39, 0.29) is 24.4 Å². The number of hydrogen-bond donors (Lipinski definition) is 2. The third-order valence-corrected chi connectivity index (χ3v) is 3.96. The van der Waals surface area contributed by atoms with Crippen molar-refractivity contribution in [3.63, 3.8) is 0 Å². The van der Waals surface area contributed by atoms with Crippen LogP contribution < -0.4 is 10.6 Å². The first kappa shape index (κ1) is 13.8. The van der Waals surface area contributed by atoms with Crippen molar-refractivity contribution in [1.82, 2.24) is 20.4 Å². The highest BCUT2D eigenvalue weighted by Gasteiger charge is 2.46. The summed E-state index contributed by atoms with van der Waals surface area (Å²) < 4.78 is 0. The molecule has 0 aromatic rings. The fourth-order valence-corrected chi connectivity index (χ4v) is 2.38. The molecule has 2 fully saturated rings. The van der Waals surface area contributed by atoms with Gasteiger partial charge in [0.2, 0.25) is 5.91 Å². The van der Waals surface area contributed by atoms with Crippen molar-refractivity contribution < 1.29 is 14.4 Å². The average molecular weight is 268 g/mol. The zero-order valence-electron chi connectivity index (χ0n) is 11.5. The van der Waals surface area contributed by atoms with Crippen LogP contribution in [0, 0.1) is 0 Å². The Kier molecular flexibility index (Phi) is 3.49. The minimum absolute atomic E-state index is 0.0719. The standard InChI is InChI=1S/C12H20N4O3/c1-12(2)10(18)14-11(19)16(12)7-9(17)15(3)8-4-5-13-6-8/h8,13H,4-7H2,1-3H3,(H,14,18,19). The Morgan fingerprint density at radius 2 is 2.16 bits per heavy atom. The van der Waals surface area contributed by atoms with Gasteiger partial charge in [-0.15, -0.1) is 0 Å². The molecule has 2 saturated heterocycles. The highest BCUT2D eigenvalue weighted by molar-refractivity contribution is 6.07. The fraction of sp³-hybridized carbons (Fsp3) is 0.750. The van der Waals surface area contributed by atoms with E-state index in [2.05, 4.69) is 10.6 Å². The number of likely N-dealkylation sites (N-methyl/N-ethyl adjacent to an activating group) is 1. The quantitative estimate of drug-likeness (QED) is 0.652. The van der Waals surface area contributed by atoms with Crippen molar-refractivity contribution in [2.45, 2.75) is 31.8 Å². The first-order valence-electron chi connectivity index (χ1n) is 6.43. The van der Waals surface area contributed by atoms with Gasteiger partial charge in [0.05, 0.1) is 0 Å². The molecule has 0 bridgehead atoms. The molecule has 0 aromatic carbocycles. The van der Waals surface area contributed by atoms with Crippen molar-refractivity contribution in [3.8, 4) is 0 Å². The molecule has 2 rings (SSSR count). The maximum absolute atomic E-state index is 12.2. The van der Waals surface area contributed by atoms with Crippen LogP contribution in [0.15, 0.2) is 0 Å². The summed E-state index contributed by atoms with van der Waals surface area (Å²) in [5.41, 5.74) is -0.971. The number of rotatable bonds is 3. The maximum Gasteiger partial charge on any atom is 0.325 e. The van der Waals surface area contributed by atoms with Gasteiger partial charge in [0.1, 0.15) is 12.1 Å². The Bertz CT molecular complexity index is 415. The summed E-state index contributed by atoms with van der Waals surface area (Å²) in [4.78, 5) is 38.4. The summed E-state index contributed by atoms with van der Waals surface area (Å²) in [6, 6.07) is -0.335. The van der Waals surface area contributed by atoms with Gasteiger partial charge >= 0.3 is 6.03 Å². The molecule has 2 aliphatic heterocycles. The minimum Gasteiger partial charge on any atom is -0.340 e. The SMILES string of the molecule is CN(C(=O)CN1C(=O)NC(=O)C1(C)C)C1CCNC1. The number of nitrogens with zero attached hydrogens (tertiary/aromatic N) is 2. The number of urea groups is 1. The molecule has 19 heavy (non-hydrogen) atoms. The lowest BCUT2D eigenvalue weighted by Gasteiger charge is -2.31. The Morgan fingerprint density at radius 3 is 2.63 bits per heavy atom. The highest BCUT2D eigenvalue weighted by Crippen LogP contribution is 2.21.